The van der Waals surface area contributed by atoms with Crippen LogP contribution in [0.25, 0.3) is 16.6 Å². The summed E-state index contributed by atoms with van der Waals surface area (Å²) >= 11 is 0. The maximum absolute atomic E-state index is 11.9. The number of rotatable bonds is 3. The van der Waals surface area contributed by atoms with Gasteiger partial charge in [0.2, 0.25) is 5.88 Å². The molecule has 0 spiro atoms. The van der Waals surface area contributed by atoms with Gasteiger partial charge in [0.25, 0.3) is 5.56 Å². The van der Waals surface area contributed by atoms with Gasteiger partial charge in [-0.25, -0.2) is 10.1 Å². The molecule has 3 aromatic heterocycles. The molecule has 1 aromatic carbocycles. The van der Waals surface area contributed by atoms with Gasteiger partial charge in [0, 0.05) is 29.7 Å². The van der Waals surface area contributed by atoms with Crippen LogP contribution in [0.3, 0.4) is 0 Å². The number of aromatic amines is 1. The molecular weight excluding hydrogens is 328 g/mol. The van der Waals surface area contributed by atoms with E-state index in [1.54, 1.807) is 6.20 Å². The fourth-order valence-corrected chi connectivity index (χ4v) is 3.17. The summed E-state index contributed by atoms with van der Waals surface area (Å²) in [6.07, 6.45) is 5.53. The number of ether oxygens (including phenoxy) is 1. The Morgan fingerprint density at radius 3 is 2.77 bits per heavy atom. The van der Waals surface area contributed by atoms with Gasteiger partial charge in [0.15, 0.2) is 0 Å². The van der Waals surface area contributed by atoms with E-state index >= 15 is 0 Å². The van der Waals surface area contributed by atoms with Gasteiger partial charge in [-0.05, 0) is 56.2 Å². The molecule has 4 aromatic rings. The first-order chi connectivity index (χ1) is 12.5. The van der Waals surface area contributed by atoms with E-state index < -0.39 is 0 Å². The molecule has 0 aliphatic rings. The van der Waals surface area contributed by atoms with E-state index in [0.717, 1.165) is 27.9 Å². The molecule has 130 valence electrons. The molecule has 0 amide bonds. The van der Waals surface area contributed by atoms with E-state index in [0.29, 0.717) is 17.2 Å². The monoisotopic (exact) mass is 346 g/mol. The van der Waals surface area contributed by atoms with Crippen molar-refractivity contribution in [2.75, 3.05) is 0 Å². The SMILES string of the molecule is Cc1cc(Oc2nccn3cccc23)ccc1-c1c(C)n[nH]c(=O)c1C. The Hall–Kier alpha value is -3.41. The van der Waals surface area contributed by atoms with Crippen molar-refractivity contribution in [3.63, 3.8) is 0 Å². The highest BCUT2D eigenvalue weighted by atomic mass is 16.5. The van der Waals surface area contributed by atoms with Gasteiger partial charge < -0.3 is 9.14 Å². The van der Waals surface area contributed by atoms with Crippen molar-refractivity contribution in [2.24, 2.45) is 0 Å². The molecule has 0 atom stereocenters. The molecule has 6 heteroatoms. The third kappa shape index (κ3) is 2.65. The number of benzene rings is 1. The van der Waals surface area contributed by atoms with Crippen LogP contribution in [0.2, 0.25) is 0 Å². The molecule has 0 unspecified atom stereocenters. The van der Waals surface area contributed by atoms with E-state index in [1.807, 2.05) is 67.9 Å². The zero-order valence-corrected chi connectivity index (χ0v) is 14.8. The molecule has 4 rings (SSSR count). The largest absolute Gasteiger partial charge is 0.437 e. The summed E-state index contributed by atoms with van der Waals surface area (Å²) in [5.74, 6) is 1.25. The average Bonchev–Trinajstić information content (AvgIpc) is 3.10. The van der Waals surface area contributed by atoms with E-state index in [4.69, 9.17) is 4.74 Å². The van der Waals surface area contributed by atoms with Crippen LogP contribution in [0, 0.1) is 20.8 Å². The highest BCUT2D eigenvalue weighted by Gasteiger charge is 2.13. The Morgan fingerprint density at radius 2 is 1.96 bits per heavy atom. The van der Waals surface area contributed by atoms with Crippen molar-refractivity contribution in [1.82, 2.24) is 19.6 Å². The molecule has 26 heavy (non-hydrogen) atoms. The first-order valence-electron chi connectivity index (χ1n) is 8.31. The van der Waals surface area contributed by atoms with Crippen molar-refractivity contribution < 1.29 is 4.74 Å². The maximum atomic E-state index is 11.9. The zero-order chi connectivity index (χ0) is 18.3. The van der Waals surface area contributed by atoms with Crippen LogP contribution < -0.4 is 10.3 Å². The van der Waals surface area contributed by atoms with Crippen LogP contribution in [0.5, 0.6) is 11.6 Å². The number of fused-ring (bicyclic) bond motifs is 1. The second-order valence-corrected chi connectivity index (χ2v) is 6.25. The predicted octanol–water partition coefficient (Wildman–Crippen LogP) is 3.80. The minimum Gasteiger partial charge on any atom is -0.437 e. The highest BCUT2D eigenvalue weighted by Crippen LogP contribution is 2.32. The quantitative estimate of drug-likeness (QED) is 0.612. The average molecular weight is 346 g/mol. The van der Waals surface area contributed by atoms with Crippen LogP contribution >= 0.6 is 0 Å². The first kappa shape index (κ1) is 16.1. The second kappa shape index (κ2) is 6.15. The van der Waals surface area contributed by atoms with Gasteiger partial charge in [0.1, 0.15) is 11.3 Å². The lowest BCUT2D eigenvalue weighted by atomic mass is 9.96. The van der Waals surface area contributed by atoms with Crippen LogP contribution in [-0.2, 0) is 0 Å². The number of nitrogens with zero attached hydrogens (tertiary/aromatic N) is 3. The second-order valence-electron chi connectivity index (χ2n) is 6.25. The fraction of sp³-hybridized carbons (Fsp3) is 0.150. The van der Waals surface area contributed by atoms with Gasteiger partial charge in [-0.2, -0.15) is 5.10 Å². The molecule has 0 radical (unpaired) electrons. The van der Waals surface area contributed by atoms with E-state index in [-0.39, 0.29) is 5.56 Å². The number of nitrogens with one attached hydrogen (secondary N) is 1. The Kier molecular flexibility index (Phi) is 3.80. The Balaban J connectivity index is 1.75. The number of hydrogen-bond donors (Lipinski definition) is 1. The van der Waals surface area contributed by atoms with Crippen LogP contribution in [0.4, 0.5) is 0 Å². The summed E-state index contributed by atoms with van der Waals surface area (Å²) < 4.78 is 7.95. The minimum absolute atomic E-state index is 0.172. The standard InChI is InChI=1S/C20H18N4O2/c1-12-11-15(26-20-17-5-4-9-24(17)10-8-21-20)6-7-16(12)18-13(2)19(25)23-22-14(18)3/h4-11H,1-3H3,(H,23,25). The third-order valence-corrected chi connectivity index (χ3v) is 4.50. The maximum Gasteiger partial charge on any atom is 0.267 e. The predicted molar refractivity (Wildman–Crippen MR) is 99.8 cm³/mol. The minimum atomic E-state index is -0.172. The molecule has 0 saturated carbocycles. The van der Waals surface area contributed by atoms with Crippen molar-refractivity contribution in [2.45, 2.75) is 20.8 Å². The van der Waals surface area contributed by atoms with Crippen LogP contribution in [0.15, 0.2) is 53.7 Å². The molecular formula is C20H18N4O2. The lowest BCUT2D eigenvalue weighted by molar-refractivity contribution is 0.466. The smallest absolute Gasteiger partial charge is 0.267 e. The molecule has 0 aliphatic heterocycles. The molecule has 0 fully saturated rings. The summed E-state index contributed by atoms with van der Waals surface area (Å²) in [5.41, 5.74) is 5.02. The summed E-state index contributed by atoms with van der Waals surface area (Å²) in [7, 11) is 0. The van der Waals surface area contributed by atoms with Crippen LogP contribution in [0.1, 0.15) is 16.8 Å². The summed E-state index contributed by atoms with van der Waals surface area (Å²) in [4.78, 5) is 16.3. The summed E-state index contributed by atoms with van der Waals surface area (Å²) in [6, 6.07) is 9.70. The molecule has 1 N–H and O–H groups in total. The Morgan fingerprint density at radius 1 is 1.12 bits per heavy atom. The van der Waals surface area contributed by atoms with Crippen molar-refractivity contribution in [3.8, 4) is 22.8 Å². The summed E-state index contributed by atoms with van der Waals surface area (Å²) in [6.45, 7) is 5.69. The van der Waals surface area contributed by atoms with Crippen molar-refractivity contribution in [3.05, 3.63) is 76.1 Å². The lowest BCUT2D eigenvalue weighted by Crippen LogP contribution is -2.14. The van der Waals surface area contributed by atoms with Gasteiger partial charge >= 0.3 is 0 Å². The van der Waals surface area contributed by atoms with Crippen molar-refractivity contribution >= 4 is 5.52 Å². The Labute approximate surface area is 150 Å². The number of H-pyrrole nitrogens is 1. The summed E-state index contributed by atoms with van der Waals surface area (Å²) in [5, 5.41) is 6.61. The lowest BCUT2D eigenvalue weighted by Gasteiger charge is -2.13. The van der Waals surface area contributed by atoms with Crippen LogP contribution in [-0.4, -0.2) is 19.6 Å². The van der Waals surface area contributed by atoms with E-state index in [9.17, 15) is 4.79 Å². The molecule has 0 saturated heterocycles. The first-order valence-corrected chi connectivity index (χ1v) is 8.31. The fourth-order valence-electron chi connectivity index (χ4n) is 3.17. The molecule has 3 heterocycles. The molecule has 0 aliphatic carbocycles. The Bertz CT molecular complexity index is 1170. The van der Waals surface area contributed by atoms with Gasteiger partial charge in [-0.3, -0.25) is 4.79 Å². The number of hydrogen-bond acceptors (Lipinski definition) is 4. The van der Waals surface area contributed by atoms with E-state index in [1.165, 1.54) is 0 Å². The third-order valence-electron chi connectivity index (χ3n) is 4.50. The topological polar surface area (TPSA) is 72.3 Å². The van der Waals surface area contributed by atoms with Gasteiger partial charge in [-0.15, -0.1) is 0 Å². The highest BCUT2D eigenvalue weighted by molar-refractivity contribution is 5.72. The molecule has 6 nitrogen and oxygen atoms in total. The zero-order valence-electron chi connectivity index (χ0n) is 14.8. The van der Waals surface area contributed by atoms with E-state index in [2.05, 4.69) is 15.2 Å². The van der Waals surface area contributed by atoms with Gasteiger partial charge in [-0.1, -0.05) is 6.07 Å². The number of aromatic nitrogens is 4. The normalized spacial score (nSPS) is 11.0. The number of aryl methyl sites for hydroxylation is 2. The van der Waals surface area contributed by atoms with Crippen molar-refractivity contribution in [1.29, 1.82) is 0 Å². The van der Waals surface area contributed by atoms with Gasteiger partial charge in [0.05, 0.1) is 5.69 Å². The molecule has 0 bridgehead atoms.